The third-order valence-electron chi connectivity index (χ3n) is 4.82. The summed E-state index contributed by atoms with van der Waals surface area (Å²) in [6.07, 6.45) is -4.31. The molecule has 2 aromatic carbocycles. The SMILES string of the molecule is Cc1cc(C)cc(CC(=O)Nc2ccc(-n3nc(C(F)(F)F)cc3-c3cccs3)cc2)c1. The molecule has 4 rings (SSSR count). The van der Waals surface area contributed by atoms with Gasteiger partial charge in [-0.05, 0) is 61.2 Å². The summed E-state index contributed by atoms with van der Waals surface area (Å²) in [5, 5.41) is 8.41. The molecule has 2 aromatic heterocycles. The van der Waals surface area contributed by atoms with Crippen LogP contribution in [0.3, 0.4) is 0 Å². The zero-order valence-electron chi connectivity index (χ0n) is 17.4. The van der Waals surface area contributed by atoms with E-state index in [4.69, 9.17) is 0 Å². The summed E-state index contributed by atoms with van der Waals surface area (Å²) in [7, 11) is 0. The van der Waals surface area contributed by atoms with E-state index in [0.29, 0.717) is 21.9 Å². The number of hydrogen-bond donors (Lipinski definition) is 1. The van der Waals surface area contributed by atoms with E-state index in [2.05, 4.69) is 10.4 Å². The van der Waals surface area contributed by atoms with E-state index < -0.39 is 11.9 Å². The van der Waals surface area contributed by atoms with Crippen molar-refractivity contribution in [3.8, 4) is 16.3 Å². The molecule has 1 amide bonds. The van der Waals surface area contributed by atoms with Crippen LogP contribution in [-0.4, -0.2) is 15.7 Å². The summed E-state index contributed by atoms with van der Waals surface area (Å²) in [5.41, 5.74) is 3.55. The fraction of sp³-hybridized carbons (Fsp3) is 0.167. The number of halogens is 3. The summed E-state index contributed by atoms with van der Waals surface area (Å²) in [6, 6.07) is 17.1. The van der Waals surface area contributed by atoms with Crippen molar-refractivity contribution >= 4 is 22.9 Å². The van der Waals surface area contributed by atoms with Gasteiger partial charge >= 0.3 is 6.18 Å². The minimum absolute atomic E-state index is 0.166. The topological polar surface area (TPSA) is 46.9 Å². The average molecular weight is 456 g/mol. The Morgan fingerprint density at radius 1 is 1.03 bits per heavy atom. The van der Waals surface area contributed by atoms with Gasteiger partial charge < -0.3 is 5.32 Å². The predicted octanol–water partition coefficient (Wildman–Crippen LogP) is 6.42. The number of carbonyl (C=O) groups excluding carboxylic acids is 1. The number of nitrogens with one attached hydrogen (secondary N) is 1. The van der Waals surface area contributed by atoms with Crippen LogP contribution >= 0.6 is 11.3 Å². The van der Waals surface area contributed by atoms with E-state index in [1.807, 2.05) is 32.0 Å². The molecular weight excluding hydrogens is 435 g/mol. The van der Waals surface area contributed by atoms with Crippen molar-refractivity contribution in [2.45, 2.75) is 26.4 Å². The van der Waals surface area contributed by atoms with Gasteiger partial charge in [0, 0.05) is 5.69 Å². The van der Waals surface area contributed by atoms with Gasteiger partial charge in [-0.3, -0.25) is 4.79 Å². The highest BCUT2D eigenvalue weighted by atomic mass is 32.1. The van der Waals surface area contributed by atoms with E-state index in [0.717, 1.165) is 22.8 Å². The van der Waals surface area contributed by atoms with Crippen molar-refractivity contribution in [1.29, 1.82) is 0 Å². The molecule has 4 aromatic rings. The first kappa shape index (κ1) is 21.8. The zero-order valence-corrected chi connectivity index (χ0v) is 18.2. The Balaban J connectivity index is 1.55. The van der Waals surface area contributed by atoms with Gasteiger partial charge in [-0.1, -0.05) is 35.4 Å². The maximum absolute atomic E-state index is 13.3. The monoisotopic (exact) mass is 455 g/mol. The molecule has 0 fully saturated rings. The highest BCUT2D eigenvalue weighted by molar-refractivity contribution is 7.13. The number of aromatic nitrogens is 2. The van der Waals surface area contributed by atoms with Crippen molar-refractivity contribution in [3.05, 3.63) is 88.4 Å². The molecule has 0 aliphatic rings. The summed E-state index contributed by atoms with van der Waals surface area (Å²) < 4.78 is 41.0. The predicted molar refractivity (Wildman–Crippen MR) is 120 cm³/mol. The number of amides is 1. The number of rotatable bonds is 5. The van der Waals surface area contributed by atoms with Gasteiger partial charge in [-0.2, -0.15) is 18.3 Å². The molecule has 0 unspecified atom stereocenters. The van der Waals surface area contributed by atoms with Crippen LogP contribution in [-0.2, 0) is 17.4 Å². The smallest absolute Gasteiger partial charge is 0.326 e. The van der Waals surface area contributed by atoms with Crippen LogP contribution in [0.15, 0.2) is 66.0 Å². The minimum atomic E-state index is -4.54. The molecule has 0 spiro atoms. The first-order valence-electron chi connectivity index (χ1n) is 9.87. The number of carbonyl (C=O) groups is 1. The lowest BCUT2D eigenvalue weighted by atomic mass is 10.0. The molecule has 0 saturated carbocycles. The van der Waals surface area contributed by atoms with Crippen LogP contribution in [0.25, 0.3) is 16.3 Å². The van der Waals surface area contributed by atoms with E-state index in [9.17, 15) is 18.0 Å². The molecule has 4 nitrogen and oxygen atoms in total. The number of aryl methyl sites for hydroxylation is 2. The van der Waals surface area contributed by atoms with Crippen molar-refractivity contribution in [1.82, 2.24) is 9.78 Å². The molecule has 2 heterocycles. The van der Waals surface area contributed by atoms with Crippen LogP contribution in [0.2, 0.25) is 0 Å². The van der Waals surface area contributed by atoms with Crippen molar-refractivity contribution in [3.63, 3.8) is 0 Å². The quantitative estimate of drug-likeness (QED) is 0.378. The second-order valence-corrected chi connectivity index (χ2v) is 8.52. The summed E-state index contributed by atoms with van der Waals surface area (Å²) in [5.74, 6) is -0.166. The third-order valence-corrected chi connectivity index (χ3v) is 5.71. The van der Waals surface area contributed by atoms with Crippen molar-refractivity contribution < 1.29 is 18.0 Å². The van der Waals surface area contributed by atoms with E-state index in [1.54, 1.807) is 41.8 Å². The molecule has 0 atom stereocenters. The van der Waals surface area contributed by atoms with Crippen LogP contribution < -0.4 is 5.32 Å². The molecule has 0 aliphatic heterocycles. The number of benzene rings is 2. The Morgan fingerprint density at radius 2 is 1.72 bits per heavy atom. The minimum Gasteiger partial charge on any atom is -0.326 e. The Hall–Kier alpha value is -3.39. The summed E-state index contributed by atoms with van der Waals surface area (Å²) in [4.78, 5) is 13.1. The second kappa shape index (κ2) is 8.63. The Morgan fingerprint density at radius 3 is 2.31 bits per heavy atom. The first-order chi connectivity index (χ1) is 15.2. The molecule has 8 heteroatoms. The number of anilines is 1. The molecule has 164 valence electrons. The lowest BCUT2D eigenvalue weighted by molar-refractivity contribution is -0.141. The lowest BCUT2D eigenvalue weighted by Gasteiger charge is -2.10. The lowest BCUT2D eigenvalue weighted by Crippen LogP contribution is -2.14. The zero-order chi connectivity index (χ0) is 22.9. The van der Waals surface area contributed by atoms with Crippen molar-refractivity contribution in [2.75, 3.05) is 5.32 Å². The van der Waals surface area contributed by atoms with Gasteiger partial charge in [0.2, 0.25) is 5.91 Å². The van der Waals surface area contributed by atoms with Gasteiger partial charge in [-0.15, -0.1) is 11.3 Å². The second-order valence-electron chi connectivity index (χ2n) is 7.57. The first-order valence-corrected chi connectivity index (χ1v) is 10.8. The van der Waals surface area contributed by atoms with Gasteiger partial charge in [0.05, 0.1) is 22.7 Å². The average Bonchev–Trinajstić information content (AvgIpc) is 3.37. The van der Waals surface area contributed by atoms with Crippen LogP contribution in [0.5, 0.6) is 0 Å². The largest absolute Gasteiger partial charge is 0.435 e. The fourth-order valence-corrected chi connectivity index (χ4v) is 4.29. The van der Waals surface area contributed by atoms with E-state index in [1.165, 1.54) is 16.0 Å². The van der Waals surface area contributed by atoms with Gasteiger partial charge in [0.15, 0.2) is 5.69 Å². The molecule has 1 N–H and O–H groups in total. The molecule has 0 aliphatic carbocycles. The molecule has 0 saturated heterocycles. The van der Waals surface area contributed by atoms with Crippen LogP contribution in [0.1, 0.15) is 22.4 Å². The van der Waals surface area contributed by atoms with E-state index in [-0.39, 0.29) is 12.3 Å². The van der Waals surface area contributed by atoms with E-state index >= 15 is 0 Å². The van der Waals surface area contributed by atoms with Crippen molar-refractivity contribution in [2.24, 2.45) is 0 Å². The number of nitrogens with zero attached hydrogens (tertiary/aromatic N) is 2. The summed E-state index contributed by atoms with van der Waals surface area (Å²) >= 11 is 1.34. The van der Waals surface area contributed by atoms with Crippen LogP contribution in [0, 0.1) is 13.8 Å². The molecule has 0 bridgehead atoms. The maximum atomic E-state index is 13.3. The Labute approximate surface area is 187 Å². The normalized spacial score (nSPS) is 11.5. The Kier molecular flexibility index (Phi) is 5.88. The van der Waals surface area contributed by atoms with Gasteiger partial charge in [0.1, 0.15) is 0 Å². The van der Waals surface area contributed by atoms with Gasteiger partial charge in [0.25, 0.3) is 0 Å². The molecule has 32 heavy (non-hydrogen) atoms. The standard InChI is InChI=1S/C24H20F3N3OS/c1-15-10-16(2)12-17(11-15)13-23(31)28-18-5-7-19(8-6-18)30-20(21-4-3-9-32-21)14-22(29-30)24(25,26)27/h3-12,14H,13H2,1-2H3,(H,28,31). The fourth-order valence-electron chi connectivity index (χ4n) is 3.56. The number of alkyl halides is 3. The Bertz CT molecular complexity index is 1220. The number of hydrogen-bond acceptors (Lipinski definition) is 3. The summed E-state index contributed by atoms with van der Waals surface area (Å²) in [6.45, 7) is 3.97. The van der Waals surface area contributed by atoms with Gasteiger partial charge in [-0.25, -0.2) is 4.68 Å². The molecule has 0 radical (unpaired) electrons. The molecular formula is C24H20F3N3OS. The number of thiophene rings is 1. The highest BCUT2D eigenvalue weighted by Crippen LogP contribution is 2.34. The van der Waals surface area contributed by atoms with Crippen LogP contribution in [0.4, 0.5) is 18.9 Å². The third kappa shape index (κ3) is 4.91. The highest BCUT2D eigenvalue weighted by Gasteiger charge is 2.35. The maximum Gasteiger partial charge on any atom is 0.435 e.